The maximum absolute atomic E-state index is 11.9. The van der Waals surface area contributed by atoms with Gasteiger partial charge in [-0.3, -0.25) is 4.79 Å². The fourth-order valence-corrected chi connectivity index (χ4v) is 2.01. The number of carbonyl (C=O) groups excluding carboxylic acids is 2. The van der Waals surface area contributed by atoms with Gasteiger partial charge in [0.2, 0.25) is 5.91 Å². The number of hydrogen-bond donors (Lipinski definition) is 3. The van der Waals surface area contributed by atoms with Gasteiger partial charge in [0.15, 0.2) is 0 Å². The first-order valence-electron chi connectivity index (χ1n) is 6.64. The average Bonchev–Trinajstić information content (AvgIpc) is 2.36. The van der Waals surface area contributed by atoms with Crippen molar-refractivity contribution >= 4 is 34.9 Å². The Bertz CT molecular complexity index is 532. The zero-order valence-electron chi connectivity index (χ0n) is 12.3. The second kappa shape index (κ2) is 7.73. The van der Waals surface area contributed by atoms with Crippen LogP contribution in [0.3, 0.4) is 0 Å². The number of amides is 1. The van der Waals surface area contributed by atoms with Crippen LogP contribution in [0.1, 0.15) is 31.1 Å². The number of esters is 1. The molecule has 0 radical (unpaired) electrons. The zero-order valence-corrected chi connectivity index (χ0v) is 13.1. The number of nitrogen functional groups attached to an aromatic ring is 1. The zero-order chi connectivity index (χ0) is 16.0. The van der Waals surface area contributed by atoms with E-state index in [1.807, 2.05) is 13.8 Å². The lowest BCUT2D eigenvalue weighted by molar-refractivity contribution is -0.119. The molecule has 1 amide bonds. The highest BCUT2D eigenvalue weighted by atomic mass is 35.5. The number of rotatable bonds is 6. The highest BCUT2D eigenvalue weighted by molar-refractivity contribution is 6.34. The third-order valence-electron chi connectivity index (χ3n) is 2.48. The summed E-state index contributed by atoms with van der Waals surface area (Å²) in [7, 11) is 0. The lowest BCUT2D eigenvalue weighted by Gasteiger charge is -2.15. The van der Waals surface area contributed by atoms with Crippen LogP contribution in [0, 0.1) is 0 Å². The topological polar surface area (TPSA) is 93.4 Å². The number of anilines is 2. The second-order valence-corrected chi connectivity index (χ2v) is 5.13. The van der Waals surface area contributed by atoms with Gasteiger partial charge in [-0.15, -0.1) is 0 Å². The number of hydrogen-bond acceptors (Lipinski definition) is 5. The number of ether oxygens (including phenoxy) is 1. The first kappa shape index (κ1) is 17.1. The molecule has 0 aliphatic heterocycles. The van der Waals surface area contributed by atoms with E-state index in [0.717, 1.165) is 0 Å². The molecule has 0 aliphatic rings. The Morgan fingerprint density at radius 1 is 1.38 bits per heavy atom. The summed E-state index contributed by atoms with van der Waals surface area (Å²) >= 11 is 6.09. The van der Waals surface area contributed by atoms with Crippen molar-refractivity contribution in [2.45, 2.75) is 26.8 Å². The van der Waals surface area contributed by atoms with Crippen LogP contribution in [0.4, 0.5) is 11.4 Å². The minimum atomic E-state index is -0.543. The normalized spacial score (nSPS) is 10.3. The third-order valence-corrected chi connectivity index (χ3v) is 2.78. The summed E-state index contributed by atoms with van der Waals surface area (Å²) in [6, 6.07) is 3.00. The molecule has 0 saturated carbocycles. The van der Waals surface area contributed by atoms with E-state index in [2.05, 4.69) is 10.6 Å². The molecule has 116 valence electrons. The van der Waals surface area contributed by atoms with Crippen molar-refractivity contribution in [2.75, 3.05) is 24.2 Å². The van der Waals surface area contributed by atoms with Gasteiger partial charge in [0.25, 0.3) is 0 Å². The van der Waals surface area contributed by atoms with Gasteiger partial charge < -0.3 is 21.1 Å². The van der Waals surface area contributed by atoms with Gasteiger partial charge in [-0.05, 0) is 32.9 Å². The fourth-order valence-electron chi connectivity index (χ4n) is 1.72. The van der Waals surface area contributed by atoms with Crippen molar-refractivity contribution < 1.29 is 14.3 Å². The van der Waals surface area contributed by atoms with Crippen LogP contribution in [-0.4, -0.2) is 31.1 Å². The van der Waals surface area contributed by atoms with Gasteiger partial charge in [-0.25, -0.2) is 4.79 Å². The SMILES string of the molecule is CCOC(=O)c1cc(N)cc(Cl)c1NCC(=O)NC(C)C. The standard InChI is InChI=1S/C14H20ClN3O3/c1-4-21-14(20)10-5-9(16)6-11(15)13(10)17-7-12(19)18-8(2)3/h5-6,8,17H,4,7,16H2,1-3H3,(H,18,19). The van der Waals surface area contributed by atoms with Gasteiger partial charge >= 0.3 is 5.97 Å². The molecular formula is C14H20ClN3O3. The van der Waals surface area contributed by atoms with Crippen LogP contribution in [0.25, 0.3) is 0 Å². The van der Waals surface area contributed by atoms with Gasteiger partial charge in [0.05, 0.1) is 29.4 Å². The number of halogens is 1. The first-order valence-corrected chi connectivity index (χ1v) is 7.02. The summed E-state index contributed by atoms with van der Waals surface area (Å²) in [6.45, 7) is 5.65. The van der Waals surface area contributed by atoms with Gasteiger partial charge in [0, 0.05) is 11.7 Å². The summed E-state index contributed by atoms with van der Waals surface area (Å²) in [5.74, 6) is -0.744. The first-order chi connectivity index (χ1) is 9.85. The molecule has 0 spiro atoms. The van der Waals surface area contributed by atoms with Crippen molar-refractivity contribution in [3.05, 3.63) is 22.7 Å². The molecule has 7 heteroatoms. The Kier molecular flexibility index (Phi) is 6.30. The molecule has 0 atom stereocenters. The maximum atomic E-state index is 11.9. The van der Waals surface area contributed by atoms with E-state index in [-0.39, 0.29) is 35.7 Å². The van der Waals surface area contributed by atoms with Crippen molar-refractivity contribution in [3.63, 3.8) is 0 Å². The molecule has 0 saturated heterocycles. The Hall–Kier alpha value is -1.95. The van der Waals surface area contributed by atoms with Crippen LogP contribution >= 0.6 is 11.6 Å². The molecule has 0 aliphatic carbocycles. The summed E-state index contributed by atoms with van der Waals surface area (Å²) in [5, 5.41) is 5.84. The fraction of sp³-hybridized carbons (Fsp3) is 0.429. The minimum absolute atomic E-state index is 0.00573. The molecule has 21 heavy (non-hydrogen) atoms. The Balaban J connectivity index is 2.94. The lowest BCUT2D eigenvalue weighted by atomic mass is 10.1. The molecule has 1 rings (SSSR count). The highest BCUT2D eigenvalue weighted by Crippen LogP contribution is 2.29. The van der Waals surface area contributed by atoms with Crippen LogP contribution in [0.15, 0.2) is 12.1 Å². The van der Waals surface area contributed by atoms with E-state index in [0.29, 0.717) is 11.4 Å². The van der Waals surface area contributed by atoms with E-state index < -0.39 is 5.97 Å². The predicted octanol–water partition coefficient (Wildman–Crippen LogP) is 2.04. The predicted molar refractivity (Wildman–Crippen MR) is 83.6 cm³/mol. The van der Waals surface area contributed by atoms with E-state index in [1.165, 1.54) is 12.1 Å². The monoisotopic (exact) mass is 313 g/mol. The van der Waals surface area contributed by atoms with Crippen LogP contribution in [0.5, 0.6) is 0 Å². The van der Waals surface area contributed by atoms with Crippen LogP contribution in [-0.2, 0) is 9.53 Å². The largest absolute Gasteiger partial charge is 0.462 e. The van der Waals surface area contributed by atoms with E-state index >= 15 is 0 Å². The molecule has 0 aromatic heterocycles. The highest BCUT2D eigenvalue weighted by Gasteiger charge is 2.17. The second-order valence-electron chi connectivity index (χ2n) is 4.72. The average molecular weight is 314 g/mol. The number of benzene rings is 1. The smallest absolute Gasteiger partial charge is 0.340 e. The summed E-state index contributed by atoms with van der Waals surface area (Å²) in [4.78, 5) is 23.6. The Morgan fingerprint density at radius 3 is 2.62 bits per heavy atom. The number of carbonyl (C=O) groups is 2. The van der Waals surface area contributed by atoms with Gasteiger partial charge in [0.1, 0.15) is 0 Å². The van der Waals surface area contributed by atoms with Crippen molar-refractivity contribution in [2.24, 2.45) is 0 Å². The molecule has 1 aromatic rings. The van der Waals surface area contributed by atoms with Crippen LogP contribution in [0.2, 0.25) is 5.02 Å². The molecule has 6 nitrogen and oxygen atoms in total. The van der Waals surface area contributed by atoms with Crippen molar-refractivity contribution in [1.29, 1.82) is 0 Å². The number of nitrogens with one attached hydrogen (secondary N) is 2. The quantitative estimate of drug-likeness (QED) is 0.552. The number of nitrogens with two attached hydrogens (primary N) is 1. The van der Waals surface area contributed by atoms with Crippen molar-refractivity contribution in [3.8, 4) is 0 Å². The maximum Gasteiger partial charge on any atom is 0.340 e. The molecule has 0 bridgehead atoms. The molecule has 0 heterocycles. The molecule has 1 aromatic carbocycles. The van der Waals surface area contributed by atoms with Gasteiger partial charge in [-0.1, -0.05) is 11.6 Å². The summed E-state index contributed by atoms with van der Waals surface area (Å²) < 4.78 is 4.96. The molecule has 0 unspecified atom stereocenters. The third kappa shape index (κ3) is 5.15. The molecule has 4 N–H and O–H groups in total. The Labute approximate surface area is 129 Å². The Morgan fingerprint density at radius 2 is 2.05 bits per heavy atom. The molecule has 0 fully saturated rings. The summed E-state index contributed by atoms with van der Waals surface area (Å²) in [5.41, 5.74) is 6.58. The van der Waals surface area contributed by atoms with E-state index in [4.69, 9.17) is 22.1 Å². The minimum Gasteiger partial charge on any atom is -0.462 e. The van der Waals surface area contributed by atoms with Crippen molar-refractivity contribution in [1.82, 2.24) is 5.32 Å². The lowest BCUT2D eigenvalue weighted by Crippen LogP contribution is -2.35. The van der Waals surface area contributed by atoms with Gasteiger partial charge in [-0.2, -0.15) is 0 Å². The molecular weight excluding hydrogens is 294 g/mol. The van der Waals surface area contributed by atoms with E-state index in [1.54, 1.807) is 6.92 Å². The van der Waals surface area contributed by atoms with Crippen LogP contribution < -0.4 is 16.4 Å². The van der Waals surface area contributed by atoms with E-state index in [9.17, 15) is 9.59 Å². The summed E-state index contributed by atoms with van der Waals surface area (Å²) in [6.07, 6.45) is 0.